The second-order valence-corrected chi connectivity index (χ2v) is 14.9. The summed E-state index contributed by atoms with van der Waals surface area (Å²) in [7, 11) is -1.80. The molecule has 1 aliphatic carbocycles. The van der Waals surface area contributed by atoms with Crippen LogP contribution in [0.3, 0.4) is 0 Å². The summed E-state index contributed by atoms with van der Waals surface area (Å²) in [5.41, 5.74) is 4.33. The molecule has 3 aromatic rings. The largest absolute Gasteiger partial charge is 0.411 e. The first-order valence-corrected chi connectivity index (χ1v) is 14.1. The number of ether oxygens (including phenoxy) is 1. The average Bonchev–Trinajstić information content (AvgIpc) is 3.33. The summed E-state index contributed by atoms with van der Waals surface area (Å²) in [5.74, 6) is 0.713. The summed E-state index contributed by atoms with van der Waals surface area (Å²) >= 11 is 0. The number of aromatic nitrogens is 4. The lowest BCUT2D eigenvalue weighted by Gasteiger charge is -2.39. The van der Waals surface area contributed by atoms with Gasteiger partial charge in [0.2, 0.25) is 0 Å². The van der Waals surface area contributed by atoms with E-state index >= 15 is 0 Å². The molecule has 31 heavy (non-hydrogen) atoms. The Morgan fingerprint density at radius 1 is 1.13 bits per heavy atom. The van der Waals surface area contributed by atoms with Gasteiger partial charge in [0.05, 0.1) is 17.7 Å². The third-order valence-corrected chi connectivity index (χ3v) is 11.3. The summed E-state index contributed by atoms with van der Waals surface area (Å²) in [6, 6.07) is 4.12. The minimum atomic E-state index is -1.80. The van der Waals surface area contributed by atoms with E-state index in [1.165, 1.54) is 0 Å². The molecule has 0 bridgehead atoms. The van der Waals surface area contributed by atoms with Crippen LogP contribution in [0.25, 0.3) is 16.6 Å². The summed E-state index contributed by atoms with van der Waals surface area (Å²) in [6.45, 7) is 14.0. The van der Waals surface area contributed by atoms with Gasteiger partial charge >= 0.3 is 0 Å². The third kappa shape index (κ3) is 4.73. The molecule has 3 heterocycles. The molecule has 3 aromatic heterocycles. The Labute approximate surface area is 186 Å². The zero-order chi connectivity index (χ0) is 22.2. The highest BCUT2D eigenvalue weighted by Crippen LogP contribution is 2.40. The van der Waals surface area contributed by atoms with Gasteiger partial charge in [0.15, 0.2) is 14.1 Å². The number of fused-ring (bicyclic) bond motifs is 1. The fourth-order valence-corrected chi connectivity index (χ4v) is 5.28. The van der Waals surface area contributed by atoms with Crippen LogP contribution < -0.4 is 0 Å². The summed E-state index contributed by atoms with van der Waals surface area (Å²) in [4.78, 5) is 9.15. The monoisotopic (exact) mass is 438 g/mol. The fraction of sp³-hybridized carbons (Fsp3) is 0.542. The standard InChI is InChI=1S/C24H34N4O2Si/c1-17-15-28-19(10-11-27-28)12-20(17)18-13-25-23(26-14-18)16-29-21-8-7-9-22(21)30-31(5,6)24(2,3)4/h10-15,21-22H,7-9,16H2,1-6H3/t21-,22-/m0/s1. The van der Waals surface area contributed by atoms with E-state index in [9.17, 15) is 0 Å². The van der Waals surface area contributed by atoms with E-state index in [0.717, 1.165) is 41.5 Å². The SMILES string of the molecule is Cc1cn2nccc2cc1-c1cnc(CO[C@H]2CCC[C@@H]2O[Si](C)(C)C(C)(C)C)nc1. The Hall–Kier alpha value is -2.09. The Morgan fingerprint density at radius 3 is 2.55 bits per heavy atom. The predicted molar refractivity (Wildman–Crippen MR) is 125 cm³/mol. The van der Waals surface area contributed by atoms with Gasteiger partial charge < -0.3 is 9.16 Å². The summed E-state index contributed by atoms with van der Waals surface area (Å²) in [6.07, 6.45) is 11.2. The van der Waals surface area contributed by atoms with Crippen molar-refractivity contribution in [2.75, 3.05) is 0 Å². The first kappa shape index (κ1) is 22.1. The van der Waals surface area contributed by atoms with Crippen molar-refractivity contribution in [2.24, 2.45) is 0 Å². The summed E-state index contributed by atoms with van der Waals surface area (Å²) in [5, 5.41) is 4.50. The quantitative estimate of drug-likeness (QED) is 0.472. The maximum atomic E-state index is 6.65. The van der Waals surface area contributed by atoms with Crippen LogP contribution in [0.1, 0.15) is 51.4 Å². The molecule has 0 saturated heterocycles. The number of hydrogen-bond acceptors (Lipinski definition) is 5. The van der Waals surface area contributed by atoms with Gasteiger partial charge in [-0.15, -0.1) is 0 Å². The number of pyridine rings is 1. The van der Waals surface area contributed by atoms with Gasteiger partial charge in [-0.3, -0.25) is 0 Å². The van der Waals surface area contributed by atoms with Crippen molar-refractivity contribution in [3.8, 4) is 11.1 Å². The second-order valence-electron chi connectivity index (χ2n) is 10.2. The van der Waals surface area contributed by atoms with Crippen molar-refractivity contribution in [1.82, 2.24) is 19.6 Å². The lowest BCUT2D eigenvalue weighted by atomic mass is 10.1. The lowest BCUT2D eigenvalue weighted by Crippen LogP contribution is -2.46. The molecule has 2 atom stereocenters. The van der Waals surface area contributed by atoms with E-state index in [4.69, 9.17) is 9.16 Å². The number of aryl methyl sites for hydroxylation is 1. The van der Waals surface area contributed by atoms with Crippen molar-refractivity contribution < 1.29 is 9.16 Å². The molecule has 0 radical (unpaired) electrons. The molecule has 7 heteroatoms. The topological polar surface area (TPSA) is 61.5 Å². The van der Waals surface area contributed by atoms with Crippen LogP contribution in [-0.4, -0.2) is 40.1 Å². The number of rotatable bonds is 6. The van der Waals surface area contributed by atoms with Crippen LogP contribution in [0.5, 0.6) is 0 Å². The zero-order valence-electron chi connectivity index (χ0n) is 19.6. The number of nitrogens with zero attached hydrogens (tertiary/aromatic N) is 4. The molecule has 0 unspecified atom stereocenters. The Morgan fingerprint density at radius 2 is 1.84 bits per heavy atom. The van der Waals surface area contributed by atoms with Crippen molar-refractivity contribution >= 4 is 13.8 Å². The highest BCUT2D eigenvalue weighted by molar-refractivity contribution is 6.74. The molecule has 166 valence electrons. The molecule has 4 rings (SSSR count). The molecular weight excluding hydrogens is 404 g/mol. The smallest absolute Gasteiger partial charge is 0.192 e. The van der Waals surface area contributed by atoms with Gasteiger partial charge in [-0.1, -0.05) is 20.8 Å². The van der Waals surface area contributed by atoms with Crippen LogP contribution in [0.15, 0.2) is 36.9 Å². The first-order valence-electron chi connectivity index (χ1n) is 11.2. The molecule has 6 nitrogen and oxygen atoms in total. The number of hydrogen-bond donors (Lipinski definition) is 0. The lowest BCUT2D eigenvalue weighted by molar-refractivity contribution is -0.0244. The van der Waals surface area contributed by atoms with Crippen molar-refractivity contribution in [3.63, 3.8) is 0 Å². The fourth-order valence-electron chi connectivity index (χ4n) is 3.90. The Kier molecular flexibility index (Phi) is 6.03. The molecule has 1 fully saturated rings. The van der Waals surface area contributed by atoms with E-state index < -0.39 is 8.32 Å². The van der Waals surface area contributed by atoms with E-state index in [-0.39, 0.29) is 17.2 Å². The molecule has 0 spiro atoms. The molecule has 0 aliphatic heterocycles. The van der Waals surface area contributed by atoms with Crippen molar-refractivity contribution in [2.45, 2.75) is 83.9 Å². The maximum absolute atomic E-state index is 6.65. The maximum Gasteiger partial charge on any atom is 0.192 e. The van der Waals surface area contributed by atoms with E-state index in [1.54, 1.807) is 6.20 Å². The van der Waals surface area contributed by atoms with Gasteiger partial charge in [0.1, 0.15) is 6.61 Å². The van der Waals surface area contributed by atoms with Crippen LogP contribution in [-0.2, 0) is 15.8 Å². The van der Waals surface area contributed by atoms with Crippen LogP contribution in [0, 0.1) is 6.92 Å². The van der Waals surface area contributed by atoms with Crippen molar-refractivity contribution in [1.29, 1.82) is 0 Å². The second kappa shape index (κ2) is 8.45. The minimum Gasteiger partial charge on any atom is -0.411 e. The molecule has 0 N–H and O–H groups in total. The van der Waals surface area contributed by atoms with Gasteiger partial charge in [-0.25, -0.2) is 14.5 Å². The van der Waals surface area contributed by atoms with Gasteiger partial charge in [-0.05, 0) is 67.6 Å². The first-order chi connectivity index (χ1) is 14.6. The van der Waals surface area contributed by atoms with Gasteiger partial charge in [0, 0.05) is 30.4 Å². The Bertz CT molecular complexity index is 1040. The minimum absolute atomic E-state index is 0.129. The molecule has 1 saturated carbocycles. The molecule has 1 aliphatic rings. The highest BCUT2D eigenvalue weighted by Gasteiger charge is 2.42. The van der Waals surface area contributed by atoms with Gasteiger partial charge in [0.25, 0.3) is 0 Å². The van der Waals surface area contributed by atoms with Crippen LogP contribution >= 0.6 is 0 Å². The predicted octanol–water partition coefficient (Wildman–Crippen LogP) is 5.56. The van der Waals surface area contributed by atoms with Crippen molar-refractivity contribution in [3.05, 3.63) is 48.3 Å². The average molecular weight is 439 g/mol. The molecular formula is C24H34N4O2Si. The van der Waals surface area contributed by atoms with E-state index in [2.05, 4.69) is 61.9 Å². The van der Waals surface area contributed by atoms with E-state index in [1.807, 2.05) is 29.2 Å². The van der Waals surface area contributed by atoms with Crippen LogP contribution in [0.4, 0.5) is 0 Å². The highest BCUT2D eigenvalue weighted by atomic mass is 28.4. The summed E-state index contributed by atoms with van der Waals surface area (Å²) < 4.78 is 14.8. The van der Waals surface area contributed by atoms with Gasteiger partial charge in [-0.2, -0.15) is 5.10 Å². The molecule has 0 amide bonds. The molecule has 0 aromatic carbocycles. The van der Waals surface area contributed by atoms with E-state index in [0.29, 0.717) is 12.4 Å². The third-order valence-electron chi connectivity index (χ3n) is 6.82. The Balaban J connectivity index is 1.40. The zero-order valence-corrected chi connectivity index (χ0v) is 20.6. The van der Waals surface area contributed by atoms with Crippen LogP contribution in [0.2, 0.25) is 18.1 Å². The normalized spacial score (nSPS) is 19.9.